The Bertz CT molecular complexity index is 881. The molecule has 0 aliphatic carbocycles. The van der Waals surface area contributed by atoms with E-state index >= 15 is 0 Å². The number of carbonyl (C=O) groups is 3. The first-order valence-corrected chi connectivity index (χ1v) is 9.62. The number of nitrogens with one attached hydrogen (secondary N) is 2. The molecule has 0 bridgehead atoms. The molecule has 0 saturated carbocycles. The van der Waals surface area contributed by atoms with Crippen LogP contribution in [0.25, 0.3) is 0 Å². The third-order valence-electron chi connectivity index (χ3n) is 4.23. The average molecular weight is 403 g/mol. The molecule has 148 valence electrons. The Balaban J connectivity index is 1.82. The summed E-state index contributed by atoms with van der Waals surface area (Å²) in [5.41, 5.74) is 1.77. The first-order chi connectivity index (χ1) is 13.5. The Morgan fingerprint density at radius 2 is 1.93 bits per heavy atom. The predicted molar refractivity (Wildman–Crippen MR) is 106 cm³/mol. The Kier molecular flexibility index (Phi) is 6.15. The summed E-state index contributed by atoms with van der Waals surface area (Å²) in [6.45, 7) is 2.81. The van der Waals surface area contributed by atoms with Crippen LogP contribution in [0.5, 0.6) is 0 Å². The van der Waals surface area contributed by atoms with E-state index < -0.39 is 18.1 Å². The van der Waals surface area contributed by atoms with Gasteiger partial charge in [0.2, 0.25) is 0 Å². The first-order valence-electron chi connectivity index (χ1n) is 8.81. The van der Waals surface area contributed by atoms with Crippen molar-refractivity contribution >= 4 is 40.1 Å². The van der Waals surface area contributed by atoms with Gasteiger partial charge in [0, 0.05) is 17.1 Å². The number of para-hydroxylation sites is 1. The zero-order valence-corrected chi connectivity index (χ0v) is 16.4. The molecule has 2 heterocycles. The van der Waals surface area contributed by atoms with E-state index in [0.717, 1.165) is 10.4 Å². The monoisotopic (exact) mass is 403 g/mol. The molecular formula is C19H21N3O5S. The highest BCUT2D eigenvalue weighted by atomic mass is 32.1. The van der Waals surface area contributed by atoms with Gasteiger partial charge < -0.3 is 19.7 Å². The number of anilines is 2. The molecule has 0 atom stereocenters. The van der Waals surface area contributed by atoms with Crippen LogP contribution >= 0.6 is 11.3 Å². The highest BCUT2D eigenvalue weighted by Gasteiger charge is 2.31. The van der Waals surface area contributed by atoms with E-state index in [0.29, 0.717) is 42.4 Å². The minimum atomic E-state index is -0.517. The summed E-state index contributed by atoms with van der Waals surface area (Å²) in [4.78, 5) is 39.1. The molecule has 2 aromatic rings. The van der Waals surface area contributed by atoms with Gasteiger partial charge in [0.1, 0.15) is 5.00 Å². The van der Waals surface area contributed by atoms with Crippen LogP contribution in [0, 0.1) is 0 Å². The quantitative estimate of drug-likeness (QED) is 0.759. The Hall–Kier alpha value is -3.07. The van der Waals surface area contributed by atoms with Crippen molar-refractivity contribution in [1.82, 2.24) is 4.90 Å². The fourth-order valence-electron chi connectivity index (χ4n) is 2.97. The Morgan fingerprint density at radius 1 is 1.18 bits per heavy atom. The third kappa shape index (κ3) is 4.25. The summed E-state index contributed by atoms with van der Waals surface area (Å²) in [5, 5.41) is 5.85. The molecular weight excluding hydrogens is 382 g/mol. The summed E-state index contributed by atoms with van der Waals surface area (Å²) < 4.78 is 9.96. The van der Waals surface area contributed by atoms with Gasteiger partial charge in [-0.2, -0.15) is 0 Å². The van der Waals surface area contributed by atoms with Crippen molar-refractivity contribution < 1.29 is 23.9 Å². The van der Waals surface area contributed by atoms with Crippen LogP contribution in [0.2, 0.25) is 0 Å². The number of carbonyl (C=O) groups excluding carboxylic acids is 3. The topological polar surface area (TPSA) is 97.0 Å². The molecule has 1 aliphatic heterocycles. The molecule has 0 fully saturated rings. The third-order valence-corrected chi connectivity index (χ3v) is 5.36. The summed E-state index contributed by atoms with van der Waals surface area (Å²) in [6.07, 6.45) is 0.0920. The Labute approximate surface area is 166 Å². The average Bonchev–Trinajstić information content (AvgIpc) is 3.05. The van der Waals surface area contributed by atoms with E-state index in [1.165, 1.54) is 18.4 Å². The van der Waals surface area contributed by atoms with Crippen LogP contribution in [-0.4, -0.2) is 43.3 Å². The van der Waals surface area contributed by atoms with Crippen LogP contribution < -0.4 is 10.6 Å². The largest absolute Gasteiger partial charge is 0.465 e. The second-order valence-electron chi connectivity index (χ2n) is 6.02. The number of amides is 3. The molecule has 28 heavy (non-hydrogen) atoms. The van der Waals surface area contributed by atoms with Crippen molar-refractivity contribution in [3.8, 4) is 0 Å². The minimum absolute atomic E-state index is 0.298. The van der Waals surface area contributed by atoms with E-state index in [1.54, 1.807) is 24.0 Å². The zero-order valence-electron chi connectivity index (χ0n) is 15.6. The van der Waals surface area contributed by atoms with E-state index in [-0.39, 0.29) is 0 Å². The maximum Gasteiger partial charge on any atom is 0.410 e. The first kappa shape index (κ1) is 19.7. The highest BCUT2D eigenvalue weighted by Crippen LogP contribution is 2.37. The van der Waals surface area contributed by atoms with Gasteiger partial charge in [-0.25, -0.2) is 14.4 Å². The van der Waals surface area contributed by atoms with Crippen molar-refractivity contribution in [1.29, 1.82) is 0 Å². The fraction of sp³-hybridized carbons (Fsp3) is 0.316. The van der Waals surface area contributed by atoms with E-state index in [9.17, 15) is 14.4 Å². The lowest BCUT2D eigenvalue weighted by Crippen LogP contribution is -2.36. The van der Waals surface area contributed by atoms with E-state index in [1.807, 2.05) is 18.2 Å². The number of esters is 1. The zero-order chi connectivity index (χ0) is 20.1. The van der Waals surface area contributed by atoms with Gasteiger partial charge in [0.15, 0.2) is 0 Å². The van der Waals surface area contributed by atoms with Gasteiger partial charge in [0.05, 0.1) is 25.8 Å². The van der Waals surface area contributed by atoms with Crippen molar-refractivity contribution in [2.75, 3.05) is 30.9 Å². The van der Waals surface area contributed by atoms with Crippen molar-refractivity contribution in [3.05, 3.63) is 46.3 Å². The lowest BCUT2D eigenvalue weighted by atomic mass is 10.0. The van der Waals surface area contributed by atoms with Gasteiger partial charge in [-0.1, -0.05) is 18.2 Å². The Morgan fingerprint density at radius 3 is 2.61 bits per heavy atom. The summed E-state index contributed by atoms with van der Waals surface area (Å²) >= 11 is 1.26. The second kappa shape index (κ2) is 8.75. The molecule has 1 aromatic heterocycles. The van der Waals surface area contributed by atoms with Gasteiger partial charge in [0.25, 0.3) is 0 Å². The van der Waals surface area contributed by atoms with Crippen LogP contribution in [0.3, 0.4) is 0 Å². The molecule has 0 saturated heterocycles. The molecule has 0 radical (unpaired) electrons. The summed E-state index contributed by atoms with van der Waals surface area (Å²) in [6, 6.07) is 8.53. The number of nitrogens with zero attached hydrogens (tertiary/aromatic N) is 1. The molecule has 3 amide bonds. The second-order valence-corrected chi connectivity index (χ2v) is 7.12. The number of ether oxygens (including phenoxy) is 2. The molecule has 3 rings (SSSR count). The van der Waals surface area contributed by atoms with Crippen molar-refractivity contribution in [3.63, 3.8) is 0 Å². The normalized spacial score (nSPS) is 12.7. The molecule has 0 unspecified atom stereocenters. The predicted octanol–water partition coefficient (Wildman–Crippen LogP) is 3.69. The maximum absolute atomic E-state index is 12.4. The number of hydrogen-bond acceptors (Lipinski definition) is 6. The molecule has 1 aromatic carbocycles. The van der Waals surface area contributed by atoms with Crippen LogP contribution in [0.4, 0.5) is 20.3 Å². The van der Waals surface area contributed by atoms with E-state index in [4.69, 9.17) is 9.47 Å². The molecule has 8 nitrogen and oxygen atoms in total. The van der Waals surface area contributed by atoms with Gasteiger partial charge in [-0.05, 0) is 31.0 Å². The van der Waals surface area contributed by atoms with Crippen molar-refractivity contribution in [2.45, 2.75) is 19.9 Å². The van der Waals surface area contributed by atoms with Crippen LogP contribution in [-0.2, 0) is 22.4 Å². The maximum atomic E-state index is 12.4. The van der Waals surface area contributed by atoms with E-state index in [2.05, 4.69) is 10.6 Å². The SMILES string of the molecule is CCOC(=O)N1CCc2c(sc(NC(=O)Nc3ccccc3)c2C(=O)OC)C1. The molecule has 2 N–H and O–H groups in total. The smallest absolute Gasteiger partial charge is 0.410 e. The lowest BCUT2D eigenvalue weighted by molar-refractivity contribution is 0.0600. The molecule has 9 heteroatoms. The van der Waals surface area contributed by atoms with Gasteiger partial charge in [-0.15, -0.1) is 11.3 Å². The standard InChI is InChI=1S/C19H21N3O5S/c1-3-27-19(25)22-10-9-13-14(11-22)28-16(15(13)17(23)26-2)21-18(24)20-12-7-5-4-6-8-12/h4-8H,3,9-11H2,1-2H3,(H2,20,21,24). The number of rotatable bonds is 4. The van der Waals surface area contributed by atoms with Crippen LogP contribution in [0.1, 0.15) is 27.7 Å². The number of methoxy groups -OCH3 is 1. The summed E-state index contributed by atoms with van der Waals surface area (Å²) in [5.74, 6) is -0.517. The number of hydrogen-bond donors (Lipinski definition) is 2. The molecule has 0 spiro atoms. The number of urea groups is 1. The van der Waals surface area contributed by atoms with Gasteiger partial charge >= 0.3 is 18.1 Å². The number of fused-ring (bicyclic) bond motifs is 1. The minimum Gasteiger partial charge on any atom is -0.465 e. The lowest BCUT2D eigenvalue weighted by Gasteiger charge is -2.26. The van der Waals surface area contributed by atoms with Crippen LogP contribution in [0.15, 0.2) is 30.3 Å². The summed E-state index contributed by atoms with van der Waals surface area (Å²) in [7, 11) is 1.30. The number of benzene rings is 1. The molecule has 1 aliphatic rings. The fourth-order valence-corrected chi connectivity index (χ4v) is 4.21. The van der Waals surface area contributed by atoms with Gasteiger partial charge in [-0.3, -0.25) is 5.32 Å². The number of thiophene rings is 1. The highest BCUT2D eigenvalue weighted by molar-refractivity contribution is 7.17. The van der Waals surface area contributed by atoms with Crippen molar-refractivity contribution in [2.24, 2.45) is 0 Å².